The maximum Gasteiger partial charge on any atom is 0.410 e. The first-order valence-corrected chi connectivity index (χ1v) is 8.88. The van der Waals surface area contributed by atoms with E-state index >= 15 is 0 Å². The molecule has 0 bridgehead atoms. The molecule has 0 N–H and O–H groups in total. The Bertz CT molecular complexity index is 610. The zero-order valence-corrected chi connectivity index (χ0v) is 15.6. The zero-order valence-electron chi connectivity index (χ0n) is 15.6. The minimum atomic E-state index is -3.27. The average Bonchev–Trinajstić information content (AvgIpc) is 2.59. The second kappa shape index (κ2) is 8.91. The Hall–Kier alpha value is -1.83. The van der Waals surface area contributed by atoms with Gasteiger partial charge in [0.05, 0.1) is 6.10 Å². The van der Waals surface area contributed by atoms with Crippen LogP contribution in [0.3, 0.4) is 0 Å². The molecule has 2 unspecified atom stereocenters. The Morgan fingerprint density at radius 3 is 2.15 bits per heavy atom. The van der Waals surface area contributed by atoms with E-state index in [2.05, 4.69) is 0 Å². The van der Waals surface area contributed by atoms with Gasteiger partial charge in [-0.25, -0.2) is 22.4 Å². The van der Waals surface area contributed by atoms with Crippen molar-refractivity contribution in [3.8, 4) is 0 Å². The van der Waals surface area contributed by atoms with Crippen LogP contribution in [0.15, 0.2) is 24.3 Å². The fourth-order valence-corrected chi connectivity index (χ4v) is 3.03. The number of hydrogen-bond donors (Lipinski definition) is 0. The molecular weight excluding hydrogens is 366 g/mol. The molecule has 1 aliphatic heterocycles. The van der Waals surface area contributed by atoms with Gasteiger partial charge in [-0.2, -0.15) is 0 Å². The van der Waals surface area contributed by atoms with Gasteiger partial charge in [0.2, 0.25) is 0 Å². The summed E-state index contributed by atoms with van der Waals surface area (Å²) in [6.45, 7) is 5.98. The van der Waals surface area contributed by atoms with Gasteiger partial charge in [-0.3, -0.25) is 0 Å². The van der Waals surface area contributed by atoms with Crippen LogP contribution in [0.1, 0.15) is 45.3 Å². The summed E-state index contributed by atoms with van der Waals surface area (Å²) in [7, 11) is 0. The smallest absolute Gasteiger partial charge is 0.410 e. The molecule has 0 saturated carbocycles. The predicted octanol–water partition coefficient (Wildman–Crippen LogP) is 5.09. The van der Waals surface area contributed by atoms with Gasteiger partial charge in [-0.1, -0.05) is 12.1 Å². The summed E-state index contributed by atoms with van der Waals surface area (Å²) in [4.78, 5) is 13.7. The fraction of sp³-hybridized carbons (Fsp3) is 0.632. The number of carbonyl (C=O) groups is 1. The summed E-state index contributed by atoms with van der Waals surface area (Å²) in [6.07, 6.45) is -6.54. The molecule has 1 aliphatic rings. The number of amides is 1. The van der Waals surface area contributed by atoms with E-state index in [0.29, 0.717) is 31.5 Å². The van der Waals surface area contributed by atoms with Gasteiger partial charge in [0.1, 0.15) is 11.4 Å². The van der Waals surface area contributed by atoms with Crippen LogP contribution >= 0.6 is 0 Å². The van der Waals surface area contributed by atoms with Gasteiger partial charge in [-0.15, -0.1) is 0 Å². The van der Waals surface area contributed by atoms with Crippen molar-refractivity contribution in [3.05, 3.63) is 35.6 Å². The second-order valence-electron chi connectivity index (χ2n) is 7.60. The molecule has 2 rings (SSSR count). The number of piperidine rings is 1. The minimum Gasteiger partial charge on any atom is -0.444 e. The topological polar surface area (TPSA) is 38.8 Å². The molecule has 1 heterocycles. The van der Waals surface area contributed by atoms with Crippen molar-refractivity contribution >= 4 is 6.09 Å². The molecule has 1 amide bonds. The van der Waals surface area contributed by atoms with Crippen molar-refractivity contribution in [1.29, 1.82) is 0 Å². The summed E-state index contributed by atoms with van der Waals surface area (Å²) in [5, 5.41) is 0. The van der Waals surface area contributed by atoms with E-state index in [9.17, 15) is 22.4 Å². The Morgan fingerprint density at radius 1 is 1.11 bits per heavy atom. The standard InChI is InChI=1S/C19H25F4NO3/c1-19(2,3)27-18(25)24-10-8-13(9-11-24)15(26-17(23)16(21)22)12-4-6-14(20)7-5-12/h4-7,13,15-17H,8-11H2,1-3H3. The molecule has 1 saturated heterocycles. The Labute approximate surface area is 156 Å². The van der Waals surface area contributed by atoms with E-state index in [0.717, 1.165) is 0 Å². The van der Waals surface area contributed by atoms with Gasteiger partial charge in [0.25, 0.3) is 12.8 Å². The Balaban J connectivity index is 2.06. The van der Waals surface area contributed by atoms with Crippen LogP contribution in [-0.2, 0) is 9.47 Å². The van der Waals surface area contributed by atoms with Crippen LogP contribution in [-0.4, -0.2) is 42.5 Å². The molecule has 1 fully saturated rings. The first-order valence-electron chi connectivity index (χ1n) is 8.88. The normalized spacial score (nSPS) is 18.4. The van der Waals surface area contributed by atoms with E-state index in [1.54, 1.807) is 20.8 Å². The van der Waals surface area contributed by atoms with Crippen molar-refractivity contribution < 1.29 is 31.8 Å². The van der Waals surface area contributed by atoms with Crippen LogP contribution in [0.4, 0.5) is 22.4 Å². The highest BCUT2D eigenvalue weighted by atomic mass is 19.3. The summed E-state index contributed by atoms with van der Waals surface area (Å²) in [6, 6.07) is 5.16. The lowest BCUT2D eigenvalue weighted by Crippen LogP contribution is -2.43. The molecule has 27 heavy (non-hydrogen) atoms. The molecule has 0 aromatic heterocycles. The van der Waals surface area contributed by atoms with Crippen LogP contribution in [0.2, 0.25) is 0 Å². The number of nitrogens with zero attached hydrogens (tertiary/aromatic N) is 1. The van der Waals surface area contributed by atoms with Crippen molar-refractivity contribution in [1.82, 2.24) is 4.90 Å². The van der Waals surface area contributed by atoms with E-state index < -0.39 is 36.4 Å². The van der Waals surface area contributed by atoms with Crippen molar-refractivity contribution in [2.24, 2.45) is 5.92 Å². The van der Waals surface area contributed by atoms with E-state index in [1.807, 2.05) is 0 Å². The lowest BCUT2D eigenvalue weighted by molar-refractivity contribution is -0.175. The highest BCUT2D eigenvalue weighted by Gasteiger charge is 2.35. The lowest BCUT2D eigenvalue weighted by atomic mass is 9.87. The maximum atomic E-state index is 13.6. The minimum absolute atomic E-state index is 0.286. The van der Waals surface area contributed by atoms with E-state index in [-0.39, 0.29) is 5.92 Å². The number of carbonyl (C=O) groups excluding carboxylic acids is 1. The average molecular weight is 391 g/mol. The van der Waals surface area contributed by atoms with Crippen LogP contribution in [0, 0.1) is 11.7 Å². The summed E-state index contributed by atoms with van der Waals surface area (Å²) in [5.74, 6) is -0.769. The molecule has 8 heteroatoms. The molecule has 0 radical (unpaired) electrons. The number of hydrogen-bond acceptors (Lipinski definition) is 3. The summed E-state index contributed by atoms with van der Waals surface area (Å²) >= 11 is 0. The number of benzene rings is 1. The van der Waals surface area contributed by atoms with Gasteiger partial charge < -0.3 is 14.4 Å². The first-order chi connectivity index (χ1) is 12.6. The molecule has 0 spiro atoms. The number of ether oxygens (including phenoxy) is 2. The summed E-state index contributed by atoms with van der Waals surface area (Å²) < 4.78 is 62.3. The highest BCUT2D eigenvalue weighted by molar-refractivity contribution is 5.68. The first kappa shape index (κ1) is 21.5. The van der Waals surface area contributed by atoms with Gasteiger partial charge in [-0.05, 0) is 57.2 Å². The third kappa shape index (κ3) is 6.37. The maximum absolute atomic E-state index is 13.6. The van der Waals surface area contributed by atoms with Gasteiger partial charge in [0.15, 0.2) is 0 Å². The highest BCUT2D eigenvalue weighted by Crippen LogP contribution is 2.36. The van der Waals surface area contributed by atoms with Crippen molar-refractivity contribution in [2.75, 3.05) is 13.1 Å². The molecule has 152 valence electrons. The number of rotatable bonds is 5. The van der Waals surface area contributed by atoms with Gasteiger partial charge >= 0.3 is 6.09 Å². The van der Waals surface area contributed by atoms with Crippen molar-refractivity contribution in [2.45, 2.75) is 58.1 Å². The van der Waals surface area contributed by atoms with Crippen LogP contribution < -0.4 is 0 Å². The zero-order chi connectivity index (χ0) is 20.2. The van der Waals surface area contributed by atoms with Crippen LogP contribution in [0.5, 0.6) is 0 Å². The quantitative estimate of drug-likeness (QED) is 0.656. The summed E-state index contributed by atoms with van der Waals surface area (Å²) in [5.41, 5.74) is -0.192. The monoisotopic (exact) mass is 391 g/mol. The Kier molecular flexibility index (Phi) is 7.08. The molecular formula is C19H25F4NO3. The largest absolute Gasteiger partial charge is 0.444 e. The third-order valence-corrected chi connectivity index (χ3v) is 4.29. The number of likely N-dealkylation sites (tertiary alicyclic amines) is 1. The molecule has 1 aromatic rings. The number of halogens is 4. The predicted molar refractivity (Wildman–Crippen MR) is 91.7 cm³/mol. The Morgan fingerprint density at radius 2 is 1.67 bits per heavy atom. The molecule has 4 nitrogen and oxygen atoms in total. The van der Waals surface area contributed by atoms with E-state index in [1.165, 1.54) is 29.2 Å². The van der Waals surface area contributed by atoms with E-state index in [4.69, 9.17) is 9.47 Å². The molecule has 0 aliphatic carbocycles. The lowest BCUT2D eigenvalue weighted by Gasteiger charge is -2.37. The second-order valence-corrected chi connectivity index (χ2v) is 7.60. The molecule has 2 atom stereocenters. The van der Waals surface area contributed by atoms with Gasteiger partial charge in [0, 0.05) is 13.1 Å². The number of alkyl halides is 3. The van der Waals surface area contributed by atoms with Crippen LogP contribution in [0.25, 0.3) is 0 Å². The fourth-order valence-electron chi connectivity index (χ4n) is 3.03. The SMILES string of the molecule is CC(C)(C)OC(=O)N1CCC(C(OC(F)C(F)F)c2ccc(F)cc2)CC1. The van der Waals surface area contributed by atoms with Crippen molar-refractivity contribution in [3.63, 3.8) is 0 Å². The molecule has 1 aromatic carbocycles. The third-order valence-electron chi connectivity index (χ3n) is 4.29.